The van der Waals surface area contributed by atoms with Crippen molar-refractivity contribution in [2.45, 2.75) is 32.9 Å². The molecule has 19 heavy (non-hydrogen) atoms. The molecule has 0 aliphatic heterocycles. The summed E-state index contributed by atoms with van der Waals surface area (Å²) in [7, 11) is 0. The van der Waals surface area contributed by atoms with Gasteiger partial charge in [0.2, 0.25) is 12.1 Å². The molecule has 1 heterocycles. The number of rotatable bonds is 2. The second kappa shape index (κ2) is 4.88. The average molecular weight is 258 g/mol. The van der Waals surface area contributed by atoms with E-state index in [0.717, 1.165) is 16.6 Å². The number of nitrogens with one attached hydrogen (secondary N) is 1. The van der Waals surface area contributed by atoms with Gasteiger partial charge in [0.05, 0.1) is 11.1 Å². The number of carbonyl (C=O) groups is 1. The Morgan fingerprint density at radius 1 is 1.26 bits per heavy atom. The fraction of sp³-hybridized carbons (Fsp3) is 0.333. The van der Waals surface area contributed by atoms with Crippen LogP contribution in [0.4, 0.5) is 5.69 Å². The molecular weight excluding hydrogens is 238 g/mol. The Bertz CT molecular complexity index is 614. The van der Waals surface area contributed by atoms with Gasteiger partial charge in [-0.2, -0.15) is 4.57 Å². The molecule has 0 aliphatic rings. The molecule has 0 saturated heterocycles. The van der Waals surface area contributed by atoms with Crippen LogP contribution in [0.15, 0.2) is 36.5 Å². The van der Waals surface area contributed by atoms with Crippen molar-refractivity contribution in [2.75, 3.05) is 5.73 Å². The van der Waals surface area contributed by atoms with Crippen molar-refractivity contribution < 1.29 is 9.36 Å². The van der Waals surface area contributed by atoms with Crippen molar-refractivity contribution in [1.82, 2.24) is 5.32 Å². The van der Waals surface area contributed by atoms with Gasteiger partial charge in [-0.3, -0.25) is 4.79 Å². The highest BCUT2D eigenvalue weighted by atomic mass is 16.2. The Morgan fingerprint density at radius 2 is 1.95 bits per heavy atom. The summed E-state index contributed by atoms with van der Waals surface area (Å²) in [5.74, 6) is -0.00701. The maximum Gasteiger partial charge on any atom is 0.286 e. The van der Waals surface area contributed by atoms with Gasteiger partial charge in [0.15, 0.2) is 6.20 Å². The second-order valence-corrected chi connectivity index (χ2v) is 5.71. The number of para-hydroxylation sites is 1. The highest BCUT2D eigenvalue weighted by Gasteiger charge is 2.19. The number of amides is 1. The summed E-state index contributed by atoms with van der Waals surface area (Å²) in [5.41, 5.74) is 7.41. The van der Waals surface area contributed by atoms with Gasteiger partial charge in [-0.05, 0) is 26.8 Å². The third-order valence-electron chi connectivity index (χ3n) is 2.79. The van der Waals surface area contributed by atoms with Crippen LogP contribution in [-0.4, -0.2) is 11.4 Å². The molecule has 1 aromatic carbocycles. The largest absolute Gasteiger partial charge is 0.398 e. The minimum absolute atomic E-state index is 0.00701. The van der Waals surface area contributed by atoms with Crippen LogP contribution in [0.3, 0.4) is 0 Å². The van der Waals surface area contributed by atoms with Gasteiger partial charge in [0.1, 0.15) is 0 Å². The third kappa shape index (κ3) is 3.22. The molecule has 0 saturated carbocycles. The highest BCUT2D eigenvalue weighted by molar-refractivity contribution is 5.87. The Kier molecular flexibility index (Phi) is 3.42. The lowest BCUT2D eigenvalue weighted by Gasteiger charge is -2.19. The summed E-state index contributed by atoms with van der Waals surface area (Å²) in [6.45, 7) is 6.20. The number of benzene rings is 1. The lowest BCUT2D eigenvalue weighted by molar-refractivity contribution is -0.658. The van der Waals surface area contributed by atoms with Crippen LogP contribution in [0.25, 0.3) is 10.9 Å². The van der Waals surface area contributed by atoms with Crippen LogP contribution in [0.1, 0.15) is 20.8 Å². The smallest absolute Gasteiger partial charge is 0.286 e. The highest BCUT2D eigenvalue weighted by Crippen LogP contribution is 2.16. The van der Waals surface area contributed by atoms with Crippen molar-refractivity contribution in [2.24, 2.45) is 0 Å². The van der Waals surface area contributed by atoms with Crippen LogP contribution in [0.2, 0.25) is 0 Å². The zero-order valence-electron chi connectivity index (χ0n) is 11.6. The van der Waals surface area contributed by atoms with Gasteiger partial charge >= 0.3 is 0 Å². The summed E-state index contributed by atoms with van der Waals surface area (Å²) in [4.78, 5) is 12.0. The van der Waals surface area contributed by atoms with E-state index in [2.05, 4.69) is 5.32 Å². The number of anilines is 1. The van der Waals surface area contributed by atoms with E-state index in [0.29, 0.717) is 0 Å². The molecule has 0 spiro atoms. The molecule has 4 nitrogen and oxygen atoms in total. The monoisotopic (exact) mass is 258 g/mol. The Labute approximate surface area is 113 Å². The first-order chi connectivity index (χ1) is 8.87. The zero-order chi connectivity index (χ0) is 14.0. The number of hydrogen-bond donors (Lipinski definition) is 2. The van der Waals surface area contributed by atoms with E-state index < -0.39 is 0 Å². The van der Waals surface area contributed by atoms with Crippen LogP contribution >= 0.6 is 0 Å². The first-order valence-electron chi connectivity index (χ1n) is 6.34. The Morgan fingerprint density at radius 3 is 2.63 bits per heavy atom. The Hall–Kier alpha value is -2.10. The molecule has 2 rings (SSSR count). The van der Waals surface area contributed by atoms with Crippen LogP contribution < -0.4 is 15.6 Å². The number of fused-ring (bicyclic) bond motifs is 1. The summed E-state index contributed by atoms with van der Waals surface area (Å²) in [6, 6.07) is 9.64. The van der Waals surface area contributed by atoms with Crippen LogP contribution in [0, 0.1) is 0 Å². The normalized spacial score (nSPS) is 11.5. The molecule has 3 N–H and O–H groups in total. The molecule has 2 aromatic rings. The molecule has 100 valence electrons. The van der Waals surface area contributed by atoms with E-state index in [4.69, 9.17) is 5.73 Å². The van der Waals surface area contributed by atoms with Gasteiger partial charge in [0, 0.05) is 17.7 Å². The number of pyridine rings is 1. The minimum atomic E-state index is -0.221. The van der Waals surface area contributed by atoms with E-state index in [1.54, 1.807) is 0 Å². The number of aromatic nitrogens is 1. The predicted octanol–water partition coefficient (Wildman–Crippen LogP) is 1.62. The predicted molar refractivity (Wildman–Crippen MR) is 76.5 cm³/mol. The van der Waals surface area contributed by atoms with E-state index >= 15 is 0 Å². The summed E-state index contributed by atoms with van der Waals surface area (Å²) in [6.07, 6.45) is 1.85. The van der Waals surface area contributed by atoms with Crippen molar-refractivity contribution in [3.8, 4) is 0 Å². The Balaban J connectivity index is 2.31. The van der Waals surface area contributed by atoms with Gasteiger partial charge in [0.25, 0.3) is 5.91 Å². The first kappa shape index (κ1) is 13.3. The third-order valence-corrected chi connectivity index (χ3v) is 2.79. The molecule has 0 unspecified atom stereocenters. The fourth-order valence-corrected chi connectivity index (χ4v) is 2.06. The second-order valence-electron chi connectivity index (χ2n) is 5.71. The SMILES string of the molecule is CC(C)(C)NC(=O)C[n+]1ccc(N)c2ccccc21. The lowest BCUT2D eigenvalue weighted by Crippen LogP contribution is -2.48. The molecule has 1 aromatic heterocycles. The number of hydrogen-bond acceptors (Lipinski definition) is 2. The first-order valence-corrected chi connectivity index (χ1v) is 6.34. The van der Waals surface area contributed by atoms with E-state index in [9.17, 15) is 4.79 Å². The average Bonchev–Trinajstić information content (AvgIpc) is 2.31. The summed E-state index contributed by atoms with van der Waals surface area (Å²) in [5, 5.41) is 3.92. The van der Waals surface area contributed by atoms with Gasteiger partial charge in [-0.25, -0.2) is 0 Å². The summed E-state index contributed by atoms with van der Waals surface area (Å²) >= 11 is 0. The van der Waals surface area contributed by atoms with Gasteiger partial charge in [-0.1, -0.05) is 12.1 Å². The number of nitrogen functional groups attached to an aromatic ring is 1. The van der Waals surface area contributed by atoms with Crippen LogP contribution in [-0.2, 0) is 11.3 Å². The van der Waals surface area contributed by atoms with E-state index in [-0.39, 0.29) is 18.0 Å². The van der Waals surface area contributed by atoms with Gasteiger partial charge in [-0.15, -0.1) is 0 Å². The van der Waals surface area contributed by atoms with Crippen molar-refractivity contribution in [3.05, 3.63) is 36.5 Å². The fourth-order valence-electron chi connectivity index (χ4n) is 2.06. The molecule has 4 heteroatoms. The molecule has 1 amide bonds. The minimum Gasteiger partial charge on any atom is -0.398 e. The van der Waals surface area contributed by atoms with Crippen molar-refractivity contribution in [3.63, 3.8) is 0 Å². The topological polar surface area (TPSA) is 59.0 Å². The summed E-state index contributed by atoms with van der Waals surface area (Å²) < 4.78 is 1.91. The number of nitrogens with zero attached hydrogens (tertiary/aromatic N) is 1. The van der Waals surface area contributed by atoms with E-state index in [1.807, 2.05) is 61.9 Å². The van der Waals surface area contributed by atoms with Gasteiger partial charge < -0.3 is 11.1 Å². The zero-order valence-corrected chi connectivity index (χ0v) is 11.6. The van der Waals surface area contributed by atoms with E-state index in [1.165, 1.54) is 0 Å². The van der Waals surface area contributed by atoms with Crippen LogP contribution in [0.5, 0.6) is 0 Å². The van der Waals surface area contributed by atoms with Crippen molar-refractivity contribution in [1.29, 1.82) is 0 Å². The quantitative estimate of drug-likeness (QED) is 0.804. The lowest BCUT2D eigenvalue weighted by atomic mass is 10.1. The molecule has 0 bridgehead atoms. The molecule has 0 fully saturated rings. The molecular formula is C15H20N3O+. The maximum absolute atomic E-state index is 12.0. The number of carbonyl (C=O) groups excluding carboxylic acids is 1. The molecule has 0 aliphatic carbocycles. The van der Waals surface area contributed by atoms with Crippen molar-refractivity contribution >= 4 is 22.5 Å². The standard InChI is InChI=1S/C15H19N3O/c1-15(2,3)17-14(19)10-18-9-8-12(16)11-6-4-5-7-13(11)18/h4-9,16H,10H2,1-3H3,(H,17,19)/p+1. The maximum atomic E-state index is 12.0. The molecule has 0 atom stereocenters. The number of nitrogens with two attached hydrogens (primary N) is 1. The molecule has 0 radical (unpaired) electrons.